The minimum absolute atomic E-state index is 0.134. The molecule has 0 radical (unpaired) electrons. The summed E-state index contributed by atoms with van der Waals surface area (Å²) in [7, 11) is 0. The topological polar surface area (TPSA) is 55.1 Å². The van der Waals surface area contributed by atoms with Gasteiger partial charge in [-0.3, -0.25) is 4.79 Å². The minimum Gasteiger partial charge on any atom is -0.348 e. The van der Waals surface area contributed by atoms with Crippen LogP contribution in [0.3, 0.4) is 0 Å². The maximum atomic E-state index is 12.0. The number of nitrogens with one attached hydrogen (secondary N) is 1. The van der Waals surface area contributed by atoms with Crippen molar-refractivity contribution >= 4 is 33.4 Å². The Morgan fingerprint density at radius 3 is 2.40 bits per heavy atom. The Morgan fingerprint density at radius 1 is 1.15 bits per heavy atom. The third-order valence-corrected chi connectivity index (χ3v) is 4.11. The van der Waals surface area contributed by atoms with Gasteiger partial charge in [0.1, 0.15) is 0 Å². The van der Waals surface area contributed by atoms with Crippen molar-refractivity contribution in [2.45, 2.75) is 13.1 Å². The van der Waals surface area contributed by atoms with Gasteiger partial charge in [0, 0.05) is 23.1 Å². The highest BCUT2D eigenvalue weighted by atomic mass is 79.9. The van der Waals surface area contributed by atoms with Crippen molar-refractivity contribution in [2.24, 2.45) is 5.73 Å². The van der Waals surface area contributed by atoms with Crippen molar-refractivity contribution < 1.29 is 4.79 Å². The number of halogens is 2. The fraction of sp³-hybridized carbons (Fsp3) is 0.133. The molecule has 0 aliphatic heterocycles. The third-order valence-electron chi connectivity index (χ3n) is 2.89. The summed E-state index contributed by atoms with van der Waals surface area (Å²) in [5.74, 6) is -0.134. The Morgan fingerprint density at radius 2 is 1.80 bits per heavy atom. The van der Waals surface area contributed by atoms with Crippen LogP contribution in [-0.2, 0) is 13.1 Å². The Labute approximate surface area is 131 Å². The van der Waals surface area contributed by atoms with Gasteiger partial charge in [0.25, 0.3) is 5.91 Å². The first-order valence-corrected chi connectivity index (χ1v) is 7.28. The standard InChI is InChI=1S/C15H14BrClN2O/c16-13-7-12(5-6-14(13)17)15(20)19-9-11-3-1-10(8-18)2-4-11/h1-7H,8-9,18H2,(H,19,20). The van der Waals surface area contributed by atoms with E-state index >= 15 is 0 Å². The molecule has 0 atom stereocenters. The molecule has 5 heteroatoms. The van der Waals surface area contributed by atoms with E-state index in [-0.39, 0.29) is 5.91 Å². The van der Waals surface area contributed by atoms with Crippen LogP contribution in [0, 0.1) is 0 Å². The number of rotatable bonds is 4. The molecular formula is C15H14BrClN2O. The lowest BCUT2D eigenvalue weighted by molar-refractivity contribution is 0.0951. The molecule has 0 aliphatic rings. The van der Waals surface area contributed by atoms with Crippen molar-refractivity contribution in [3.63, 3.8) is 0 Å². The van der Waals surface area contributed by atoms with E-state index in [4.69, 9.17) is 17.3 Å². The molecule has 3 N–H and O–H groups in total. The fourth-order valence-electron chi connectivity index (χ4n) is 1.71. The predicted octanol–water partition coefficient (Wildman–Crippen LogP) is 3.49. The van der Waals surface area contributed by atoms with E-state index in [0.717, 1.165) is 11.1 Å². The Kier molecular flexibility index (Phi) is 5.17. The van der Waals surface area contributed by atoms with E-state index in [1.165, 1.54) is 0 Å². The van der Waals surface area contributed by atoms with Gasteiger partial charge in [-0.05, 0) is 45.3 Å². The Balaban J connectivity index is 1.98. The summed E-state index contributed by atoms with van der Waals surface area (Å²) in [6.07, 6.45) is 0. The quantitative estimate of drug-likeness (QED) is 0.884. The number of hydrogen-bond acceptors (Lipinski definition) is 2. The predicted molar refractivity (Wildman–Crippen MR) is 84.7 cm³/mol. The molecule has 2 rings (SSSR count). The number of nitrogens with two attached hydrogens (primary N) is 1. The van der Waals surface area contributed by atoms with Crippen LogP contribution in [0.2, 0.25) is 5.02 Å². The summed E-state index contributed by atoms with van der Waals surface area (Å²) in [4.78, 5) is 12.0. The maximum Gasteiger partial charge on any atom is 0.251 e. The number of benzene rings is 2. The highest BCUT2D eigenvalue weighted by Gasteiger charge is 2.07. The van der Waals surface area contributed by atoms with Gasteiger partial charge in [-0.1, -0.05) is 35.9 Å². The molecule has 2 aromatic rings. The van der Waals surface area contributed by atoms with Crippen LogP contribution < -0.4 is 11.1 Å². The van der Waals surface area contributed by atoms with Gasteiger partial charge in [-0.25, -0.2) is 0 Å². The second-order valence-corrected chi connectivity index (χ2v) is 5.59. The van der Waals surface area contributed by atoms with Crippen molar-refractivity contribution in [3.8, 4) is 0 Å². The zero-order valence-corrected chi connectivity index (χ0v) is 13.0. The number of amides is 1. The van der Waals surface area contributed by atoms with Crippen LogP contribution in [0.5, 0.6) is 0 Å². The SMILES string of the molecule is NCc1ccc(CNC(=O)c2ccc(Cl)c(Br)c2)cc1. The van der Waals surface area contributed by atoms with E-state index in [0.29, 0.717) is 28.1 Å². The monoisotopic (exact) mass is 352 g/mol. The van der Waals surface area contributed by atoms with Gasteiger partial charge < -0.3 is 11.1 Å². The van der Waals surface area contributed by atoms with E-state index in [9.17, 15) is 4.79 Å². The van der Waals surface area contributed by atoms with E-state index in [1.54, 1.807) is 18.2 Å². The summed E-state index contributed by atoms with van der Waals surface area (Å²) in [6.45, 7) is 0.995. The van der Waals surface area contributed by atoms with Crippen LogP contribution in [-0.4, -0.2) is 5.91 Å². The first-order chi connectivity index (χ1) is 9.60. The van der Waals surface area contributed by atoms with E-state index < -0.39 is 0 Å². The average molecular weight is 354 g/mol. The molecule has 0 aromatic heterocycles. The fourth-order valence-corrected chi connectivity index (χ4v) is 2.21. The van der Waals surface area contributed by atoms with Crippen molar-refractivity contribution in [2.75, 3.05) is 0 Å². The largest absolute Gasteiger partial charge is 0.348 e. The molecule has 0 heterocycles. The van der Waals surface area contributed by atoms with Gasteiger partial charge >= 0.3 is 0 Å². The van der Waals surface area contributed by atoms with Gasteiger partial charge in [0.15, 0.2) is 0 Å². The molecule has 1 amide bonds. The zero-order valence-electron chi connectivity index (χ0n) is 10.7. The van der Waals surface area contributed by atoms with Crippen LogP contribution in [0.25, 0.3) is 0 Å². The molecule has 0 fully saturated rings. The Bertz CT molecular complexity index is 614. The van der Waals surface area contributed by atoms with E-state index in [2.05, 4.69) is 21.2 Å². The number of hydrogen-bond donors (Lipinski definition) is 2. The summed E-state index contributed by atoms with van der Waals surface area (Å²) in [5.41, 5.74) is 8.21. The highest BCUT2D eigenvalue weighted by Crippen LogP contribution is 2.23. The molecule has 0 saturated heterocycles. The van der Waals surface area contributed by atoms with Crippen molar-refractivity contribution in [1.82, 2.24) is 5.32 Å². The first-order valence-electron chi connectivity index (χ1n) is 6.11. The second kappa shape index (κ2) is 6.88. The molecule has 0 saturated carbocycles. The maximum absolute atomic E-state index is 12.0. The molecule has 0 aliphatic carbocycles. The summed E-state index contributed by atoms with van der Waals surface area (Å²) in [6, 6.07) is 12.9. The average Bonchev–Trinajstić information content (AvgIpc) is 2.48. The molecule has 2 aromatic carbocycles. The molecule has 104 valence electrons. The molecular weight excluding hydrogens is 340 g/mol. The normalized spacial score (nSPS) is 10.3. The second-order valence-electron chi connectivity index (χ2n) is 4.33. The van der Waals surface area contributed by atoms with Crippen LogP contribution in [0.4, 0.5) is 0 Å². The van der Waals surface area contributed by atoms with Gasteiger partial charge in [0.2, 0.25) is 0 Å². The summed E-state index contributed by atoms with van der Waals surface area (Å²) < 4.78 is 0.708. The molecule has 0 spiro atoms. The van der Waals surface area contributed by atoms with Gasteiger partial charge in [-0.2, -0.15) is 0 Å². The minimum atomic E-state index is -0.134. The zero-order chi connectivity index (χ0) is 14.5. The van der Waals surface area contributed by atoms with Crippen LogP contribution >= 0.6 is 27.5 Å². The van der Waals surface area contributed by atoms with Crippen molar-refractivity contribution in [1.29, 1.82) is 0 Å². The van der Waals surface area contributed by atoms with Gasteiger partial charge in [-0.15, -0.1) is 0 Å². The number of carbonyl (C=O) groups is 1. The van der Waals surface area contributed by atoms with Crippen LogP contribution in [0.1, 0.15) is 21.5 Å². The lowest BCUT2D eigenvalue weighted by atomic mass is 10.1. The van der Waals surface area contributed by atoms with Gasteiger partial charge in [0.05, 0.1) is 5.02 Å². The van der Waals surface area contributed by atoms with E-state index in [1.807, 2.05) is 24.3 Å². The van der Waals surface area contributed by atoms with Crippen LogP contribution in [0.15, 0.2) is 46.9 Å². The first kappa shape index (κ1) is 15.0. The molecule has 20 heavy (non-hydrogen) atoms. The summed E-state index contributed by atoms with van der Waals surface area (Å²) >= 11 is 9.20. The smallest absolute Gasteiger partial charge is 0.251 e. The molecule has 0 unspecified atom stereocenters. The third kappa shape index (κ3) is 3.82. The summed E-state index contributed by atoms with van der Waals surface area (Å²) in [5, 5.41) is 3.45. The van der Waals surface area contributed by atoms with Crippen molar-refractivity contribution in [3.05, 3.63) is 68.7 Å². The lowest BCUT2D eigenvalue weighted by Gasteiger charge is -2.07. The molecule has 3 nitrogen and oxygen atoms in total. The number of carbonyl (C=O) groups excluding carboxylic acids is 1. The Hall–Kier alpha value is -1.36. The highest BCUT2D eigenvalue weighted by molar-refractivity contribution is 9.10. The lowest BCUT2D eigenvalue weighted by Crippen LogP contribution is -2.22. The molecule has 0 bridgehead atoms.